The van der Waals surface area contributed by atoms with Crippen LogP contribution in [0.1, 0.15) is 27.0 Å². The van der Waals surface area contributed by atoms with Crippen LogP contribution < -0.4 is 21.3 Å². The van der Waals surface area contributed by atoms with Crippen LogP contribution in [0.3, 0.4) is 0 Å². The fourth-order valence-electron chi connectivity index (χ4n) is 4.64. The van der Waals surface area contributed by atoms with E-state index < -0.39 is 11.2 Å². The van der Waals surface area contributed by atoms with Crippen molar-refractivity contribution in [3.05, 3.63) is 127 Å². The molecule has 1 N–H and O–H groups in total. The third kappa shape index (κ3) is 5.64. The molecular weight excluding hydrogens is 526 g/mol. The first-order chi connectivity index (χ1) is 19.5. The third-order valence-corrected chi connectivity index (χ3v) is 7.55. The minimum atomic E-state index is -0.513. The van der Waals surface area contributed by atoms with Crippen LogP contribution in [-0.4, -0.2) is 35.0 Å². The van der Waals surface area contributed by atoms with E-state index in [1.807, 2.05) is 30.3 Å². The summed E-state index contributed by atoms with van der Waals surface area (Å²) in [5.41, 5.74) is 3.01. The molecule has 40 heavy (non-hydrogen) atoms. The van der Waals surface area contributed by atoms with E-state index in [0.29, 0.717) is 39.3 Å². The number of nitrogens with one attached hydrogen (secondary N) is 1. The second-order valence-electron chi connectivity index (χ2n) is 9.26. The zero-order valence-corrected chi connectivity index (χ0v) is 22.6. The number of methoxy groups -OCH3 is 1. The SMILES string of the molecule is COc1ccc(C=O)cc1Cn1c(=O)n(-c2ccc(CC(=O)NCCc3ccccc3)cc2)c(=O)c2sccc21. The van der Waals surface area contributed by atoms with E-state index in [1.54, 1.807) is 53.9 Å². The van der Waals surface area contributed by atoms with Crippen molar-refractivity contribution in [2.45, 2.75) is 19.4 Å². The van der Waals surface area contributed by atoms with Gasteiger partial charge in [0.15, 0.2) is 0 Å². The molecule has 3 aromatic carbocycles. The number of aldehydes is 1. The first-order valence-electron chi connectivity index (χ1n) is 12.7. The first kappa shape index (κ1) is 26.8. The minimum absolute atomic E-state index is 0.102. The molecule has 1 amide bonds. The summed E-state index contributed by atoms with van der Waals surface area (Å²) in [6.45, 7) is 0.648. The van der Waals surface area contributed by atoms with E-state index in [-0.39, 0.29) is 18.9 Å². The molecule has 2 heterocycles. The van der Waals surface area contributed by atoms with Crippen LogP contribution in [0.5, 0.6) is 5.75 Å². The number of amides is 1. The highest BCUT2D eigenvalue weighted by molar-refractivity contribution is 7.17. The molecule has 5 aromatic rings. The van der Waals surface area contributed by atoms with Crippen LogP contribution >= 0.6 is 11.3 Å². The predicted molar refractivity (Wildman–Crippen MR) is 156 cm³/mol. The lowest BCUT2D eigenvalue weighted by Crippen LogP contribution is -2.38. The Balaban J connectivity index is 1.40. The fraction of sp³-hybridized carbons (Fsp3) is 0.161. The average molecular weight is 554 g/mol. The number of thiophene rings is 1. The molecule has 0 saturated heterocycles. The standard InChI is InChI=1S/C31H27N3O5S/c1-39-27-12-9-23(20-35)17-24(27)19-33-26-14-16-40-29(26)30(37)34(31(33)38)25-10-7-22(8-11-25)18-28(36)32-15-13-21-5-3-2-4-6-21/h2-12,14,16-17,20H,13,15,18-19H2,1H3,(H,32,36). The summed E-state index contributed by atoms with van der Waals surface area (Å²) in [5.74, 6) is 0.430. The second kappa shape index (κ2) is 12.0. The Labute approximate surface area is 234 Å². The Morgan fingerprint density at radius 1 is 0.975 bits per heavy atom. The highest BCUT2D eigenvalue weighted by Crippen LogP contribution is 2.23. The summed E-state index contributed by atoms with van der Waals surface area (Å²) in [6, 6.07) is 23.5. The van der Waals surface area contributed by atoms with Crippen LogP contribution in [0, 0.1) is 0 Å². The Kier molecular flexibility index (Phi) is 8.02. The number of nitrogens with zero attached hydrogens (tertiary/aromatic N) is 2. The highest BCUT2D eigenvalue weighted by atomic mass is 32.1. The summed E-state index contributed by atoms with van der Waals surface area (Å²) >= 11 is 1.26. The molecule has 0 radical (unpaired) electrons. The topological polar surface area (TPSA) is 99.4 Å². The zero-order chi connectivity index (χ0) is 28.1. The Morgan fingerprint density at radius 3 is 2.48 bits per heavy atom. The summed E-state index contributed by atoms with van der Waals surface area (Å²) in [4.78, 5) is 50.9. The van der Waals surface area contributed by atoms with Gasteiger partial charge >= 0.3 is 5.69 Å². The summed E-state index contributed by atoms with van der Waals surface area (Å²) in [5, 5.41) is 4.70. The molecule has 0 aliphatic heterocycles. The molecule has 0 spiro atoms. The van der Waals surface area contributed by atoms with Crippen molar-refractivity contribution < 1.29 is 14.3 Å². The zero-order valence-electron chi connectivity index (χ0n) is 21.8. The van der Waals surface area contributed by atoms with Gasteiger partial charge in [-0.1, -0.05) is 42.5 Å². The second-order valence-corrected chi connectivity index (χ2v) is 10.2. The van der Waals surface area contributed by atoms with Crippen molar-refractivity contribution >= 4 is 33.7 Å². The largest absolute Gasteiger partial charge is 0.496 e. The summed E-state index contributed by atoms with van der Waals surface area (Å²) < 4.78 is 8.53. The van der Waals surface area contributed by atoms with Gasteiger partial charge in [0.1, 0.15) is 16.7 Å². The van der Waals surface area contributed by atoms with Crippen LogP contribution in [0.2, 0.25) is 0 Å². The number of hydrogen-bond acceptors (Lipinski definition) is 6. The van der Waals surface area contributed by atoms with E-state index in [0.717, 1.165) is 28.4 Å². The molecule has 0 unspecified atom stereocenters. The number of benzene rings is 3. The summed E-state index contributed by atoms with van der Waals surface area (Å²) in [6.07, 6.45) is 1.67. The Bertz CT molecular complexity index is 1790. The smallest absolute Gasteiger partial charge is 0.336 e. The van der Waals surface area contributed by atoms with Gasteiger partial charge < -0.3 is 10.1 Å². The van der Waals surface area contributed by atoms with Crippen LogP contribution in [-0.2, 0) is 24.2 Å². The van der Waals surface area contributed by atoms with Crippen LogP contribution in [0.15, 0.2) is 93.8 Å². The van der Waals surface area contributed by atoms with E-state index in [2.05, 4.69) is 5.32 Å². The molecule has 0 bridgehead atoms. The molecule has 0 aliphatic rings. The van der Waals surface area contributed by atoms with Crippen molar-refractivity contribution in [3.63, 3.8) is 0 Å². The first-order valence-corrected chi connectivity index (χ1v) is 13.6. The molecule has 2 aromatic heterocycles. The monoisotopic (exact) mass is 553 g/mol. The molecule has 0 aliphatic carbocycles. The number of ether oxygens (including phenoxy) is 1. The maximum Gasteiger partial charge on any atom is 0.336 e. The van der Waals surface area contributed by atoms with E-state index in [4.69, 9.17) is 4.74 Å². The molecule has 0 atom stereocenters. The fourth-order valence-corrected chi connectivity index (χ4v) is 5.46. The quantitative estimate of drug-likeness (QED) is 0.264. The van der Waals surface area contributed by atoms with Crippen molar-refractivity contribution in [1.82, 2.24) is 14.5 Å². The molecule has 202 valence electrons. The van der Waals surface area contributed by atoms with Gasteiger partial charge in [-0.25, -0.2) is 9.36 Å². The molecular formula is C31H27N3O5S. The molecule has 9 heteroatoms. The maximum absolute atomic E-state index is 13.7. The lowest BCUT2D eigenvalue weighted by molar-refractivity contribution is -0.120. The Morgan fingerprint density at radius 2 is 1.75 bits per heavy atom. The molecule has 0 fully saturated rings. The van der Waals surface area contributed by atoms with E-state index in [1.165, 1.54) is 23.0 Å². The molecule has 0 saturated carbocycles. The van der Waals surface area contributed by atoms with Crippen LogP contribution in [0.4, 0.5) is 0 Å². The maximum atomic E-state index is 13.7. The van der Waals surface area contributed by atoms with Gasteiger partial charge in [-0.2, -0.15) is 0 Å². The lowest BCUT2D eigenvalue weighted by atomic mass is 10.1. The van der Waals surface area contributed by atoms with Crippen molar-refractivity contribution in [2.24, 2.45) is 0 Å². The summed E-state index contributed by atoms with van der Waals surface area (Å²) in [7, 11) is 1.52. The van der Waals surface area contributed by atoms with Gasteiger partial charge in [-0.05, 0) is 59.3 Å². The number of carbonyl (C=O) groups is 2. The number of rotatable bonds is 10. The number of hydrogen-bond donors (Lipinski definition) is 1. The minimum Gasteiger partial charge on any atom is -0.496 e. The van der Waals surface area contributed by atoms with Gasteiger partial charge in [-0.15, -0.1) is 11.3 Å². The molecule has 5 rings (SSSR count). The number of aromatic nitrogens is 2. The predicted octanol–water partition coefficient (Wildman–Crippen LogP) is 3.98. The van der Waals surface area contributed by atoms with Gasteiger partial charge in [0.2, 0.25) is 5.91 Å². The van der Waals surface area contributed by atoms with Crippen molar-refractivity contribution in [3.8, 4) is 11.4 Å². The van der Waals surface area contributed by atoms with Crippen molar-refractivity contribution in [2.75, 3.05) is 13.7 Å². The Hall–Kier alpha value is -4.76. The number of fused-ring (bicyclic) bond motifs is 1. The van der Waals surface area contributed by atoms with Gasteiger partial charge in [-0.3, -0.25) is 19.0 Å². The third-order valence-electron chi connectivity index (χ3n) is 6.66. The number of carbonyl (C=O) groups excluding carboxylic acids is 2. The van der Waals surface area contributed by atoms with Gasteiger partial charge in [0, 0.05) is 17.7 Å². The van der Waals surface area contributed by atoms with E-state index >= 15 is 0 Å². The average Bonchev–Trinajstić information content (AvgIpc) is 3.47. The van der Waals surface area contributed by atoms with Gasteiger partial charge in [0.05, 0.1) is 31.3 Å². The highest BCUT2D eigenvalue weighted by Gasteiger charge is 2.17. The van der Waals surface area contributed by atoms with Gasteiger partial charge in [0.25, 0.3) is 5.56 Å². The van der Waals surface area contributed by atoms with Crippen molar-refractivity contribution in [1.29, 1.82) is 0 Å². The lowest BCUT2D eigenvalue weighted by Gasteiger charge is -2.15. The van der Waals surface area contributed by atoms with Crippen LogP contribution in [0.25, 0.3) is 15.9 Å². The molecule has 8 nitrogen and oxygen atoms in total. The normalized spacial score (nSPS) is 10.9. The van der Waals surface area contributed by atoms with E-state index in [9.17, 15) is 19.2 Å².